The van der Waals surface area contributed by atoms with E-state index in [2.05, 4.69) is 42.6 Å². The molecule has 2 amide bonds. The van der Waals surface area contributed by atoms with Gasteiger partial charge in [-0.3, -0.25) is 9.59 Å². The summed E-state index contributed by atoms with van der Waals surface area (Å²) in [5, 5.41) is 3.31. The minimum Gasteiger partial charge on any atom is -0.352 e. The van der Waals surface area contributed by atoms with E-state index in [1.807, 2.05) is 55.5 Å². The van der Waals surface area contributed by atoms with Crippen molar-refractivity contribution in [3.63, 3.8) is 0 Å². The molecule has 1 fully saturated rings. The summed E-state index contributed by atoms with van der Waals surface area (Å²) < 4.78 is 0. The highest BCUT2D eigenvalue weighted by atomic mass is 16.2. The van der Waals surface area contributed by atoms with Crippen LogP contribution in [-0.2, 0) is 29.0 Å². The summed E-state index contributed by atoms with van der Waals surface area (Å²) in [5.41, 5.74) is 5.36. The van der Waals surface area contributed by atoms with Crippen molar-refractivity contribution in [1.29, 1.82) is 0 Å². The number of amides is 2. The smallest absolute Gasteiger partial charge is 0.243 e. The Morgan fingerprint density at radius 2 is 1.50 bits per heavy atom. The molecular formula is C32H38N2O2. The van der Waals surface area contributed by atoms with E-state index < -0.39 is 6.04 Å². The highest BCUT2D eigenvalue weighted by molar-refractivity contribution is 5.89. The average Bonchev–Trinajstić information content (AvgIpc) is 2.88. The molecule has 0 unspecified atom stereocenters. The van der Waals surface area contributed by atoms with Gasteiger partial charge in [-0.15, -0.1) is 0 Å². The number of nitrogens with zero attached hydrogens (tertiary/aromatic N) is 1. The maximum Gasteiger partial charge on any atom is 0.243 e. The van der Waals surface area contributed by atoms with E-state index >= 15 is 0 Å². The minimum atomic E-state index is -0.576. The van der Waals surface area contributed by atoms with Crippen molar-refractivity contribution >= 4 is 11.8 Å². The molecule has 1 atom stereocenters. The van der Waals surface area contributed by atoms with E-state index in [1.165, 1.54) is 12.0 Å². The normalized spacial score (nSPS) is 14.7. The molecule has 0 radical (unpaired) electrons. The van der Waals surface area contributed by atoms with Crippen LogP contribution in [0.2, 0.25) is 0 Å². The molecule has 4 nitrogen and oxygen atoms in total. The van der Waals surface area contributed by atoms with Gasteiger partial charge in [-0.2, -0.15) is 0 Å². The van der Waals surface area contributed by atoms with Crippen molar-refractivity contribution in [3.05, 3.63) is 107 Å². The molecule has 1 N–H and O–H groups in total. The predicted octanol–water partition coefficient (Wildman–Crippen LogP) is 5.93. The first-order valence-electron chi connectivity index (χ1n) is 13.2. The Hall–Kier alpha value is -3.40. The van der Waals surface area contributed by atoms with E-state index in [-0.39, 0.29) is 24.3 Å². The van der Waals surface area contributed by atoms with Crippen LogP contribution in [0.15, 0.2) is 78.9 Å². The van der Waals surface area contributed by atoms with Crippen molar-refractivity contribution in [1.82, 2.24) is 10.2 Å². The van der Waals surface area contributed by atoms with Gasteiger partial charge in [-0.25, -0.2) is 0 Å². The summed E-state index contributed by atoms with van der Waals surface area (Å²) in [6.07, 6.45) is 6.31. The van der Waals surface area contributed by atoms with Gasteiger partial charge in [0.15, 0.2) is 0 Å². The Morgan fingerprint density at radius 1 is 0.806 bits per heavy atom. The second-order valence-electron chi connectivity index (χ2n) is 10.2. The van der Waals surface area contributed by atoms with Crippen molar-refractivity contribution in [2.45, 2.75) is 77.4 Å². The summed E-state index contributed by atoms with van der Waals surface area (Å²) in [6.45, 7) is 4.49. The number of nitrogens with one attached hydrogen (secondary N) is 1. The topological polar surface area (TPSA) is 49.4 Å². The number of carbonyl (C=O) groups is 2. The molecular weight excluding hydrogens is 444 g/mol. The van der Waals surface area contributed by atoms with Crippen LogP contribution in [0.25, 0.3) is 0 Å². The molecule has 36 heavy (non-hydrogen) atoms. The van der Waals surface area contributed by atoms with Gasteiger partial charge in [-0.05, 0) is 43.4 Å². The third-order valence-corrected chi connectivity index (χ3v) is 7.13. The number of rotatable bonds is 9. The lowest BCUT2D eigenvalue weighted by Crippen LogP contribution is -2.53. The third-order valence-electron chi connectivity index (χ3n) is 7.13. The molecule has 0 aromatic heterocycles. The zero-order valence-electron chi connectivity index (χ0n) is 21.6. The fraction of sp³-hybridized carbons (Fsp3) is 0.375. The molecule has 1 aliphatic carbocycles. The molecule has 0 spiro atoms. The van der Waals surface area contributed by atoms with Crippen LogP contribution in [0.4, 0.5) is 0 Å². The number of hydrogen-bond donors (Lipinski definition) is 1. The largest absolute Gasteiger partial charge is 0.352 e. The van der Waals surface area contributed by atoms with Crippen LogP contribution in [0.5, 0.6) is 0 Å². The Morgan fingerprint density at radius 3 is 2.19 bits per heavy atom. The van der Waals surface area contributed by atoms with E-state index in [4.69, 9.17) is 0 Å². The van der Waals surface area contributed by atoms with Crippen LogP contribution in [-0.4, -0.2) is 28.8 Å². The molecule has 0 saturated heterocycles. The summed E-state index contributed by atoms with van der Waals surface area (Å²) in [5.74, 6) is -0.0728. The predicted molar refractivity (Wildman–Crippen MR) is 146 cm³/mol. The van der Waals surface area contributed by atoms with Crippen LogP contribution < -0.4 is 5.32 Å². The monoisotopic (exact) mass is 482 g/mol. The molecule has 0 aliphatic heterocycles. The van der Waals surface area contributed by atoms with E-state index in [9.17, 15) is 9.59 Å². The van der Waals surface area contributed by atoms with Gasteiger partial charge in [0.25, 0.3) is 0 Å². The molecule has 4 rings (SSSR count). The summed E-state index contributed by atoms with van der Waals surface area (Å²) in [4.78, 5) is 29.5. The molecule has 0 bridgehead atoms. The molecule has 3 aromatic carbocycles. The molecule has 1 aliphatic rings. The second-order valence-corrected chi connectivity index (χ2v) is 10.2. The standard InChI is InChI=1S/C32H38N2O2/c1-24-16-18-27(19-17-24)23-34(31(35)22-28-13-9-10-25(2)20-28)30(21-26-11-5-3-6-12-26)32(36)33-29-14-7-4-8-15-29/h3,5-6,9-13,16-20,29-30H,4,7-8,14-15,21-23H2,1-2H3,(H,33,36)/t30-/m1/s1. The SMILES string of the molecule is Cc1ccc(CN(C(=O)Cc2cccc(C)c2)[C@H](Cc2ccccc2)C(=O)NC2CCCCC2)cc1. The average molecular weight is 483 g/mol. The second kappa shape index (κ2) is 12.5. The number of hydrogen-bond acceptors (Lipinski definition) is 2. The zero-order valence-corrected chi connectivity index (χ0v) is 21.6. The van der Waals surface area contributed by atoms with Crippen LogP contribution in [0.1, 0.15) is 59.9 Å². The Kier molecular flexibility index (Phi) is 8.94. The molecule has 188 valence electrons. The Labute approximate surface area is 215 Å². The van der Waals surface area contributed by atoms with Gasteiger partial charge in [0.05, 0.1) is 6.42 Å². The van der Waals surface area contributed by atoms with E-state index in [1.54, 1.807) is 4.90 Å². The van der Waals surface area contributed by atoms with Crippen LogP contribution >= 0.6 is 0 Å². The van der Waals surface area contributed by atoms with Gasteiger partial charge in [-0.1, -0.05) is 109 Å². The maximum atomic E-state index is 13.9. The van der Waals surface area contributed by atoms with Crippen LogP contribution in [0, 0.1) is 13.8 Å². The van der Waals surface area contributed by atoms with E-state index in [0.29, 0.717) is 13.0 Å². The van der Waals surface area contributed by atoms with E-state index in [0.717, 1.165) is 47.9 Å². The van der Waals surface area contributed by atoms with Crippen molar-refractivity contribution in [3.8, 4) is 0 Å². The summed E-state index contributed by atoms with van der Waals surface area (Å²) >= 11 is 0. The molecule has 1 saturated carbocycles. The van der Waals surface area contributed by atoms with Gasteiger partial charge < -0.3 is 10.2 Å². The molecule has 3 aromatic rings. The molecule has 4 heteroatoms. The summed E-state index contributed by atoms with van der Waals surface area (Å²) in [7, 11) is 0. The number of carbonyl (C=O) groups excluding carboxylic acids is 2. The highest BCUT2D eigenvalue weighted by Crippen LogP contribution is 2.21. The van der Waals surface area contributed by atoms with Crippen molar-refractivity contribution in [2.24, 2.45) is 0 Å². The van der Waals surface area contributed by atoms with Crippen molar-refractivity contribution < 1.29 is 9.59 Å². The zero-order chi connectivity index (χ0) is 25.3. The lowest BCUT2D eigenvalue weighted by molar-refractivity contribution is -0.141. The third kappa shape index (κ3) is 7.30. The van der Waals surface area contributed by atoms with Gasteiger partial charge in [0.1, 0.15) is 6.04 Å². The van der Waals surface area contributed by atoms with Crippen LogP contribution in [0.3, 0.4) is 0 Å². The van der Waals surface area contributed by atoms with Gasteiger partial charge in [0, 0.05) is 19.0 Å². The fourth-order valence-corrected chi connectivity index (χ4v) is 5.09. The van der Waals surface area contributed by atoms with Gasteiger partial charge in [0.2, 0.25) is 11.8 Å². The lowest BCUT2D eigenvalue weighted by Gasteiger charge is -2.33. The first kappa shape index (κ1) is 25.7. The maximum absolute atomic E-state index is 13.9. The lowest BCUT2D eigenvalue weighted by atomic mass is 9.94. The highest BCUT2D eigenvalue weighted by Gasteiger charge is 2.32. The van der Waals surface area contributed by atoms with Crippen molar-refractivity contribution in [2.75, 3.05) is 0 Å². The quantitative estimate of drug-likeness (QED) is 0.411. The minimum absolute atomic E-state index is 0.0269. The number of benzene rings is 3. The Balaban J connectivity index is 1.65. The first-order chi connectivity index (χ1) is 17.5. The summed E-state index contributed by atoms with van der Waals surface area (Å²) in [6, 6.07) is 26.0. The number of aryl methyl sites for hydroxylation is 2. The van der Waals surface area contributed by atoms with Gasteiger partial charge >= 0.3 is 0 Å². The molecule has 0 heterocycles. The fourth-order valence-electron chi connectivity index (χ4n) is 5.09. The Bertz CT molecular complexity index is 1130. The first-order valence-corrected chi connectivity index (χ1v) is 13.2.